The predicted molar refractivity (Wildman–Crippen MR) is 80.4 cm³/mol. The highest BCUT2D eigenvalue weighted by molar-refractivity contribution is 5.96. The fraction of sp³-hybridized carbons (Fsp3) is 0.533. The van der Waals surface area contributed by atoms with Gasteiger partial charge in [0.05, 0.1) is 31.5 Å². The van der Waals surface area contributed by atoms with E-state index in [9.17, 15) is 9.90 Å². The number of nitrogens with two attached hydrogens (primary N) is 1. The zero-order valence-corrected chi connectivity index (χ0v) is 12.4. The van der Waals surface area contributed by atoms with E-state index in [1.54, 1.807) is 19.1 Å². The van der Waals surface area contributed by atoms with Gasteiger partial charge in [0.25, 0.3) is 0 Å². The maximum atomic E-state index is 11.9. The molecule has 0 radical (unpaired) electrons. The first-order chi connectivity index (χ1) is 10.1. The Morgan fingerprint density at radius 1 is 1.57 bits per heavy atom. The molecule has 0 bridgehead atoms. The van der Waals surface area contributed by atoms with Crippen molar-refractivity contribution in [3.63, 3.8) is 0 Å². The van der Waals surface area contributed by atoms with E-state index in [0.29, 0.717) is 31.0 Å². The van der Waals surface area contributed by atoms with Crippen molar-refractivity contribution >= 4 is 17.3 Å². The highest BCUT2D eigenvalue weighted by Gasteiger charge is 2.26. The number of carbonyl (C=O) groups is 1. The molecule has 1 aliphatic rings. The maximum Gasteiger partial charge on any atom is 0.340 e. The molecule has 0 aliphatic carbocycles. The van der Waals surface area contributed by atoms with Crippen LogP contribution in [0.25, 0.3) is 0 Å². The fourth-order valence-electron chi connectivity index (χ4n) is 2.40. The van der Waals surface area contributed by atoms with E-state index in [1.165, 1.54) is 0 Å². The van der Waals surface area contributed by atoms with Gasteiger partial charge in [-0.2, -0.15) is 0 Å². The number of rotatable bonds is 4. The van der Waals surface area contributed by atoms with Crippen LogP contribution in [0.3, 0.4) is 0 Å². The Kier molecular flexibility index (Phi) is 5.03. The number of nitrogens with zero attached hydrogens (tertiary/aromatic N) is 1. The highest BCUT2D eigenvalue weighted by atomic mass is 16.5. The van der Waals surface area contributed by atoms with Crippen molar-refractivity contribution < 1.29 is 19.4 Å². The van der Waals surface area contributed by atoms with Crippen molar-refractivity contribution in [1.82, 2.24) is 0 Å². The number of aliphatic hydroxyl groups is 1. The van der Waals surface area contributed by atoms with Gasteiger partial charge in [-0.05, 0) is 32.0 Å². The Bertz CT molecular complexity index is 506. The molecule has 0 spiro atoms. The third kappa shape index (κ3) is 3.46. The average Bonchev–Trinajstić information content (AvgIpc) is 2.48. The second-order valence-corrected chi connectivity index (χ2v) is 5.13. The monoisotopic (exact) mass is 294 g/mol. The molecule has 21 heavy (non-hydrogen) atoms. The van der Waals surface area contributed by atoms with Gasteiger partial charge < -0.3 is 25.2 Å². The Morgan fingerprint density at radius 3 is 3.00 bits per heavy atom. The quantitative estimate of drug-likeness (QED) is 0.637. The van der Waals surface area contributed by atoms with Gasteiger partial charge in [-0.25, -0.2) is 4.79 Å². The number of nitrogen functional groups attached to an aromatic ring is 1. The van der Waals surface area contributed by atoms with Crippen molar-refractivity contribution in [3.8, 4) is 0 Å². The van der Waals surface area contributed by atoms with Crippen LogP contribution in [0.5, 0.6) is 0 Å². The number of ether oxygens (including phenoxy) is 2. The summed E-state index contributed by atoms with van der Waals surface area (Å²) in [6, 6.07) is 5.47. The lowest BCUT2D eigenvalue weighted by atomic mass is 10.1. The summed E-state index contributed by atoms with van der Waals surface area (Å²) in [5, 5.41) is 9.25. The second kappa shape index (κ2) is 6.78. The largest absolute Gasteiger partial charge is 0.462 e. The molecule has 2 rings (SSSR count). The molecule has 6 nitrogen and oxygen atoms in total. The lowest BCUT2D eigenvalue weighted by Gasteiger charge is -2.39. The Morgan fingerprint density at radius 2 is 2.33 bits per heavy atom. The van der Waals surface area contributed by atoms with Gasteiger partial charge >= 0.3 is 5.97 Å². The van der Waals surface area contributed by atoms with E-state index in [4.69, 9.17) is 15.2 Å². The standard InChI is InChI=1S/C15H22N2O4/c1-3-20-15(19)13-6-11(4-5-14(13)16)17-7-12(8-18)21-9-10(17)2/h4-6,10,12,18H,3,7-9,16H2,1-2H3. The van der Waals surface area contributed by atoms with Crippen LogP contribution in [0.1, 0.15) is 24.2 Å². The van der Waals surface area contributed by atoms with Crippen LogP contribution < -0.4 is 10.6 Å². The number of anilines is 2. The minimum Gasteiger partial charge on any atom is -0.462 e. The minimum absolute atomic E-state index is 0.0249. The van der Waals surface area contributed by atoms with Gasteiger partial charge in [-0.3, -0.25) is 0 Å². The molecule has 2 unspecified atom stereocenters. The number of morpholine rings is 1. The Labute approximate surface area is 124 Å². The first-order valence-electron chi connectivity index (χ1n) is 7.12. The summed E-state index contributed by atoms with van der Waals surface area (Å²) in [5.41, 5.74) is 7.50. The minimum atomic E-state index is -0.420. The third-order valence-corrected chi connectivity index (χ3v) is 3.57. The average molecular weight is 294 g/mol. The van der Waals surface area contributed by atoms with Crippen LogP contribution in [-0.4, -0.2) is 49.6 Å². The molecule has 1 fully saturated rings. The van der Waals surface area contributed by atoms with E-state index >= 15 is 0 Å². The van der Waals surface area contributed by atoms with E-state index < -0.39 is 5.97 Å². The maximum absolute atomic E-state index is 11.9. The van der Waals surface area contributed by atoms with E-state index in [-0.39, 0.29) is 18.8 Å². The predicted octanol–water partition coefficient (Wildman–Crippen LogP) is 1.03. The zero-order valence-electron chi connectivity index (χ0n) is 12.4. The topological polar surface area (TPSA) is 85.0 Å². The van der Waals surface area contributed by atoms with Crippen LogP contribution in [0.4, 0.5) is 11.4 Å². The van der Waals surface area contributed by atoms with Crippen LogP contribution in [0.2, 0.25) is 0 Å². The number of hydrogen-bond donors (Lipinski definition) is 2. The summed E-state index contributed by atoms with van der Waals surface area (Å²) in [4.78, 5) is 14.0. The number of carbonyl (C=O) groups excluding carboxylic acids is 1. The lowest BCUT2D eigenvalue weighted by Crippen LogP contribution is -2.49. The molecule has 1 heterocycles. The molecule has 1 aliphatic heterocycles. The van der Waals surface area contributed by atoms with Gasteiger partial charge in [-0.15, -0.1) is 0 Å². The number of esters is 1. The Balaban J connectivity index is 2.26. The first kappa shape index (κ1) is 15.6. The summed E-state index contributed by atoms with van der Waals surface area (Å²) >= 11 is 0. The van der Waals surface area contributed by atoms with E-state index in [0.717, 1.165) is 5.69 Å². The second-order valence-electron chi connectivity index (χ2n) is 5.13. The molecule has 116 valence electrons. The van der Waals surface area contributed by atoms with Gasteiger partial charge in [-0.1, -0.05) is 0 Å². The van der Waals surface area contributed by atoms with Crippen LogP contribution in [0.15, 0.2) is 18.2 Å². The summed E-state index contributed by atoms with van der Waals surface area (Å²) < 4.78 is 10.5. The molecular weight excluding hydrogens is 272 g/mol. The summed E-state index contributed by atoms with van der Waals surface area (Å²) in [5.74, 6) is -0.420. The fourth-order valence-corrected chi connectivity index (χ4v) is 2.40. The lowest BCUT2D eigenvalue weighted by molar-refractivity contribution is -0.0103. The van der Waals surface area contributed by atoms with E-state index in [2.05, 4.69) is 4.90 Å². The number of hydrogen-bond acceptors (Lipinski definition) is 6. The normalized spacial score (nSPS) is 22.1. The van der Waals surface area contributed by atoms with Gasteiger partial charge in [0.2, 0.25) is 0 Å². The van der Waals surface area contributed by atoms with Gasteiger partial charge in [0, 0.05) is 24.0 Å². The van der Waals surface area contributed by atoms with Crippen molar-refractivity contribution in [2.24, 2.45) is 0 Å². The molecule has 0 amide bonds. The first-order valence-corrected chi connectivity index (χ1v) is 7.12. The molecule has 0 saturated carbocycles. The smallest absolute Gasteiger partial charge is 0.340 e. The zero-order chi connectivity index (χ0) is 15.4. The molecule has 1 saturated heterocycles. The Hall–Kier alpha value is -1.79. The highest BCUT2D eigenvalue weighted by Crippen LogP contribution is 2.26. The molecular formula is C15H22N2O4. The molecule has 0 aromatic heterocycles. The van der Waals surface area contributed by atoms with Crippen molar-refractivity contribution in [3.05, 3.63) is 23.8 Å². The third-order valence-electron chi connectivity index (χ3n) is 3.57. The van der Waals surface area contributed by atoms with Crippen molar-refractivity contribution in [1.29, 1.82) is 0 Å². The van der Waals surface area contributed by atoms with Gasteiger partial charge in [0.15, 0.2) is 0 Å². The summed E-state index contributed by atoms with van der Waals surface area (Å²) in [6.45, 7) is 5.18. The van der Waals surface area contributed by atoms with Crippen LogP contribution in [0, 0.1) is 0 Å². The molecule has 1 aromatic rings. The van der Waals surface area contributed by atoms with E-state index in [1.807, 2.05) is 13.0 Å². The SMILES string of the molecule is CCOC(=O)c1cc(N2CC(CO)OCC2C)ccc1N. The summed E-state index contributed by atoms with van der Waals surface area (Å²) in [7, 11) is 0. The van der Waals surface area contributed by atoms with Crippen LogP contribution >= 0.6 is 0 Å². The van der Waals surface area contributed by atoms with Gasteiger partial charge in [0.1, 0.15) is 0 Å². The molecule has 6 heteroatoms. The molecule has 3 N–H and O–H groups in total. The molecule has 1 aromatic carbocycles. The van der Waals surface area contributed by atoms with Crippen molar-refractivity contribution in [2.45, 2.75) is 26.0 Å². The number of aliphatic hydroxyl groups excluding tert-OH is 1. The molecule has 2 atom stereocenters. The number of benzene rings is 1. The summed E-state index contributed by atoms with van der Waals surface area (Å²) in [6.07, 6.45) is -0.218. The van der Waals surface area contributed by atoms with Crippen LogP contribution in [-0.2, 0) is 9.47 Å². The van der Waals surface area contributed by atoms with Crippen molar-refractivity contribution in [2.75, 3.05) is 37.0 Å².